The molecule has 1 aliphatic rings. The average Bonchev–Trinajstić information content (AvgIpc) is 2.87. The standard InChI is InChI=1S/C23H33NO4/c1-15(2)8-7-9-16(3)10-13-28-20-14-19-18(5)24(11-12-25)23(26)21(19)22(27-6)17(20)4/h8,10,14,18,25H,7,9,11-13H2,1-6H3/t18-/m1/s1. The van der Waals surface area contributed by atoms with E-state index in [-0.39, 0.29) is 18.6 Å². The van der Waals surface area contributed by atoms with E-state index in [2.05, 4.69) is 32.9 Å². The van der Waals surface area contributed by atoms with Crippen molar-refractivity contribution >= 4 is 5.91 Å². The molecule has 1 aromatic rings. The molecule has 1 atom stereocenters. The number of methoxy groups -OCH3 is 1. The van der Waals surface area contributed by atoms with Crippen LogP contribution in [0.25, 0.3) is 0 Å². The monoisotopic (exact) mass is 387 g/mol. The number of hydrogen-bond donors (Lipinski definition) is 1. The first-order chi connectivity index (χ1) is 13.3. The number of β-amino-alcohol motifs (C(OH)–C–C–N with tert-alkyl or cyclic N) is 1. The maximum Gasteiger partial charge on any atom is 0.258 e. The first kappa shape index (κ1) is 22.0. The van der Waals surface area contributed by atoms with Crippen LogP contribution in [0.4, 0.5) is 0 Å². The lowest BCUT2D eigenvalue weighted by atomic mass is 10.0. The van der Waals surface area contributed by atoms with Gasteiger partial charge in [0.05, 0.1) is 25.3 Å². The third-order valence-electron chi connectivity index (χ3n) is 5.21. The summed E-state index contributed by atoms with van der Waals surface area (Å²) in [5, 5.41) is 9.28. The number of aliphatic hydroxyl groups is 1. The Bertz CT molecular complexity index is 775. The van der Waals surface area contributed by atoms with Gasteiger partial charge in [-0.25, -0.2) is 0 Å². The van der Waals surface area contributed by atoms with Gasteiger partial charge in [-0.1, -0.05) is 17.2 Å². The quantitative estimate of drug-likeness (QED) is 0.630. The molecule has 0 aromatic heterocycles. The summed E-state index contributed by atoms with van der Waals surface area (Å²) in [6.45, 7) is 10.9. The zero-order valence-electron chi connectivity index (χ0n) is 18.0. The van der Waals surface area contributed by atoms with Crippen LogP contribution in [0.1, 0.15) is 68.1 Å². The number of benzene rings is 1. The highest BCUT2D eigenvalue weighted by Gasteiger charge is 2.37. The minimum Gasteiger partial charge on any atom is -0.495 e. The van der Waals surface area contributed by atoms with Gasteiger partial charge in [0.25, 0.3) is 5.91 Å². The topological polar surface area (TPSA) is 59.0 Å². The van der Waals surface area contributed by atoms with Crippen molar-refractivity contribution in [3.63, 3.8) is 0 Å². The summed E-state index contributed by atoms with van der Waals surface area (Å²) >= 11 is 0. The molecule has 1 heterocycles. The minimum absolute atomic E-state index is 0.0639. The molecule has 2 rings (SSSR count). The molecular formula is C23H33NO4. The fourth-order valence-electron chi connectivity index (χ4n) is 3.56. The van der Waals surface area contributed by atoms with Crippen LogP contribution in [-0.2, 0) is 0 Å². The molecule has 1 aromatic carbocycles. The largest absolute Gasteiger partial charge is 0.495 e. The molecule has 1 aliphatic heterocycles. The summed E-state index contributed by atoms with van der Waals surface area (Å²) in [6.07, 6.45) is 6.40. The van der Waals surface area contributed by atoms with Gasteiger partial charge in [-0.05, 0) is 65.2 Å². The van der Waals surface area contributed by atoms with Crippen molar-refractivity contribution in [3.05, 3.63) is 46.1 Å². The van der Waals surface area contributed by atoms with E-state index in [0.29, 0.717) is 24.5 Å². The molecule has 1 N–H and O–H groups in total. The summed E-state index contributed by atoms with van der Waals surface area (Å²) in [5.41, 5.74) is 4.93. The van der Waals surface area contributed by atoms with Crippen LogP contribution in [-0.4, -0.2) is 42.8 Å². The molecule has 0 spiro atoms. The first-order valence-electron chi connectivity index (χ1n) is 9.86. The number of carbonyl (C=O) groups is 1. The highest BCUT2D eigenvalue weighted by atomic mass is 16.5. The SMILES string of the molecule is COc1c(C)c(OCC=C(C)CCC=C(C)C)cc2c1C(=O)N(CCO)[C@@H]2C. The van der Waals surface area contributed by atoms with Crippen LogP contribution in [0.2, 0.25) is 0 Å². The molecular weight excluding hydrogens is 354 g/mol. The van der Waals surface area contributed by atoms with Crippen molar-refractivity contribution in [1.29, 1.82) is 0 Å². The van der Waals surface area contributed by atoms with E-state index in [1.165, 1.54) is 11.1 Å². The van der Waals surface area contributed by atoms with Crippen LogP contribution in [0, 0.1) is 6.92 Å². The fraction of sp³-hybridized carbons (Fsp3) is 0.522. The van der Waals surface area contributed by atoms with Crippen LogP contribution in [0.15, 0.2) is 29.4 Å². The van der Waals surface area contributed by atoms with E-state index in [4.69, 9.17) is 9.47 Å². The Labute approximate surface area is 168 Å². The van der Waals surface area contributed by atoms with Crippen molar-refractivity contribution in [2.75, 3.05) is 26.9 Å². The van der Waals surface area contributed by atoms with Gasteiger partial charge in [0, 0.05) is 12.1 Å². The van der Waals surface area contributed by atoms with Gasteiger partial charge in [-0.2, -0.15) is 0 Å². The highest BCUT2D eigenvalue weighted by Crippen LogP contribution is 2.43. The lowest BCUT2D eigenvalue weighted by Gasteiger charge is -2.20. The third kappa shape index (κ3) is 4.76. The van der Waals surface area contributed by atoms with Crippen molar-refractivity contribution in [3.8, 4) is 11.5 Å². The third-order valence-corrected chi connectivity index (χ3v) is 5.21. The predicted octanol–water partition coefficient (Wildman–Crippen LogP) is 4.58. The second-order valence-electron chi connectivity index (χ2n) is 7.58. The zero-order chi connectivity index (χ0) is 20.8. The van der Waals surface area contributed by atoms with Crippen LogP contribution in [0.3, 0.4) is 0 Å². The van der Waals surface area contributed by atoms with Crippen LogP contribution < -0.4 is 9.47 Å². The van der Waals surface area contributed by atoms with E-state index in [1.807, 2.05) is 19.9 Å². The summed E-state index contributed by atoms with van der Waals surface area (Å²) in [4.78, 5) is 14.4. The molecule has 5 nitrogen and oxygen atoms in total. The first-order valence-corrected chi connectivity index (χ1v) is 9.86. The van der Waals surface area contributed by atoms with E-state index < -0.39 is 0 Å². The van der Waals surface area contributed by atoms with Crippen LogP contribution in [0.5, 0.6) is 11.5 Å². The molecule has 154 valence electrons. The molecule has 0 unspecified atom stereocenters. The molecule has 0 bridgehead atoms. The zero-order valence-corrected chi connectivity index (χ0v) is 18.0. The van der Waals surface area contributed by atoms with Crippen molar-refractivity contribution in [2.45, 2.75) is 53.5 Å². The molecule has 0 saturated heterocycles. The maximum atomic E-state index is 12.8. The second kappa shape index (κ2) is 9.78. The smallest absolute Gasteiger partial charge is 0.258 e. The van der Waals surface area contributed by atoms with E-state index in [0.717, 1.165) is 29.7 Å². The number of allylic oxidation sites excluding steroid dienone is 3. The molecule has 5 heteroatoms. The van der Waals surface area contributed by atoms with Gasteiger partial charge >= 0.3 is 0 Å². The van der Waals surface area contributed by atoms with Crippen molar-refractivity contribution in [1.82, 2.24) is 4.90 Å². The van der Waals surface area contributed by atoms with Crippen molar-refractivity contribution < 1.29 is 19.4 Å². The molecule has 0 aliphatic carbocycles. The maximum absolute atomic E-state index is 12.8. The number of rotatable bonds is 9. The summed E-state index contributed by atoms with van der Waals surface area (Å²) in [7, 11) is 1.58. The van der Waals surface area contributed by atoms with Gasteiger partial charge in [-0.3, -0.25) is 4.79 Å². The molecule has 0 saturated carbocycles. The Hall–Kier alpha value is -2.27. The summed E-state index contributed by atoms with van der Waals surface area (Å²) in [5.74, 6) is 1.20. The number of aliphatic hydroxyl groups excluding tert-OH is 1. The minimum atomic E-state index is -0.118. The normalized spacial score (nSPS) is 16.2. The number of ether oxygens (including phenoxy) is 2. The fourth-order valence-corrected chi connectivity index (χ4v) is 3.56. The van der Waals surface area contributed by atoms with Gasteiger partial charge in [0.1, 0.15) is 18.1 Å². The lowest BCUT2D eigenvalue weighted by Crippen LogP contribution is -2.29. The average molecular weight is 388 g/mol. The van der Waals surface area contributed by atoms with Crippen LogP contribution >= 0.6 is 0 Å². The highest BCUT2D eigenvalue weighted by molar-refractivity contribution is 6.02. The number of hydrogen-bond acceptors (Lipinski definition) is 4. The molecule has 0 radical (unpaired) electrons. The van der Waals surface area contributed by atoms with E-state index in [1.54, 1.807) is 12.0 Å². The predicted molar refractivity (Wildman–Crippen MR) is 112 cm³/mol. The van der Waals surface area contributed by atoms with Gasteiger partial charge in [0.15, 0.2) is 0 Å². The number of fused-ring (bicyclic) bond motifs is 1. The Morgan fingerprint density at radius 3 is 2.61 bits per heavy atom. The van der Waals surface area contributed by atoms with Gasteiger partial charge in [-0.15, -0.1) is 0 Å². The summed E-state index contributed by atoms with van der Waals surface area (Å²) in [6, 6.07) is 1.83. The van der Waals surface area contributed by atoms with Crippen molar-refractivity contribution in [2.24, 2.45) is 0 Å². The molecule has 1 amide bonds. The Kier molecular flexibility index (Phi) is 7.69. The Balaban J connectivity index is 2.20. The number of amides is 1. The summed E-state index contributed by atoms with van der Waals surface area (Å²) < 4.78 is 11.6. The Morgan fingerprint density at radius 1 is 1.29 bits per heavy atom. The molecule has 0 fully saturated rings. The Morgan fingerprint density at radius 2 is 2.00 bits per heavy atom. The molecule has 28 heavy (non-hydrogen) atoms. The van der Waals surface area contributed by atoms with Gasteiger partial charge in [0.2, 0.25) is 0 Å². The number of carbonyl (C=O) groups excluding carboxylic acids is 1. The lowest BCUT2D eigenvalue weighted by molar-refractivity contribution is 0.0696. The second-order valence-corrected chi connectivity index (χ2v) is 7.58. The van der Waals surface area contributed by atoms with E-state index >= 15 is 0 Å². The van der Waals surface area contributed by atoms with E-state index in [9.17, 15) is 9.90 Å². The van der Waals surface area contributed by atoms with Gasteiger partial charge < -0.3 is 19.5 Å². The number of nitrogens with zero attached hydrogens (tertiary/aromatic N) is 1.